The summed E-state index contributed by atoms with van der Waals surface area (Å²) in [6, 6.07) is 10.2. The number of nitrogens with one attached hydrogen (secondary N) is 1. The van der Waals surface area contributed by atoms with Crippen molar-refractivity contribution in [3.05, 3.63) is 52.2 Å². The van der Waals surface area contributed by atoms with Crippen molar-refractivity contribution in [3.8, 4) is 11.5 Å². The lowest BCUT2D eigenvalue weighted by molar-refractivity contribution is -0.153. The van der Waals surface area contributed by atoms with E-state index in [0.29, 0.717) is 33.6 Å². The monoisotopic (exact) mass is 505 g/mol. The Morgan fingerprint density at radius 2 is 1.97 bits per heavy atom. The maximum absolute atomic E-state index is 13.9. The van der Waals surface area contributed by atoms with Crippen molar-refractivity contribution in [2.75, 3.05) is 13.7 Å². The van der Waals surface area contributed by atoms with Gasteiger partial charge < -0.3 is 23.9 Å². The van der Waals surface area contributed by atoms with Crippen molar-refractivity contribution in [2.24, 2.45) is 7.05 Å². The third-order valence-corrected chi connectivity index (χ3v) is 6.79. The molecule has 0 amide bonds. The Morgan fingerprint density at radius 3 is 2.65 bits per heavy atom. The maximum atomic E-state index is 13.9. The molecule has 0 saturated heterocycles. The number of esters is 1. The number of aliphatic carboxylic acids is 1. The van der Waals surface area contributed by atoms with Gasteiger partial charge in [0.05, 0.1) is 47.1 Å². The van der Waals surface area contributed by atoms with Crippen LogP contribution < -0.4 is 20.2 Å². The lowest BCUT2D eigenvalue weighted by Gasteiger charge is -2.45. The largest absolute Gasteiger partial charge is 0.496 e. The molecular weight excluding hydrogens is 478 g/mol. The number of para-hydroxylation sites is 1. The number of benzene rings is 2. The maximum Gasteiger partial charge on any atom is 0.317 e. The van der Waals surface area contributed by atoms with E-state index < -0.39 is 29.7 Å². The molecule has 192 valence electrons. The van der Waals surface area contributed by atoms with Gasteiger partial charge in [0.2, 0.25) is 5.43 Å². The molecule has 0 bridgehead atoms. The highest BCUT2D eigenvalue weighted by atomic mass is 16.6. The number of pyridine rings is 2. The van der Waals surface area contributed by atoms with Crippen LogP contribution >= 0.6 is 0 Å². The number of fused-ring (bicyclic) bond motifs is 5. The van der Waals surface area contributed by atoms with E-state index in [1.807, 2.05) is 24.3 Å². The average molecular weight is 506 g/mol. The Labute approximate surface area is 211 Å². The number of rotatable bonds is 5. The van der Waals surface area contributed by atoms with E-state index in [-0.39, 0.29) is 17.4 Å². The summed E-state index contributed by atoms with van der Waals surface area (Å²) in [6.45, 7) is 4.45. The van der Waals surface area contributed by atoms with Gasteiger partial charge in [-0.3, -0.25) is 19.7 Å². The topological polar surface area (TPSA) is 129 Å². The fourth-order valence-electron chi connectivity index (χ4n) is 5.23. The molecule has 10 nitrogen and oxygen atoms in total. The van der Waals surface area contributed by atoms with Crippen LogP contribution in [0.15, 0.2) is 41.2 Å². The van der Waals surface area contributed by atoms with Crippen molar-refractivity contribution in [1.29, 1.82) is 0 Å². The first-order chi connectivity index (χ1) is 17.5. The summed E-state index contributed by atoms with van der Waals surface area (Å²) in [7, 11) is 3.24. The van der Waals surface area contributed by atoms with E-state index in [0.717, 1.165) is 10.9 Å². The number of carboxylic acids is 1. The van der Waals surface area contributed by atoms with Crippen molar-refractivity contribution >= 4 is 44.8 Å². The minimum absolute atomic E-state index is 0.283. The van der Waals surface area contributed by atoms with Crippen LogP contribution in [0.4, 0.5) is 0 Å². The van der Waals surface area contributed by atoms with Gasteiger partial charge in [-0.1, -0.05) is 18.2 Å². The van der Waals surface area contributed by atoms with Gasteiger partial charge in [0.15, 0.2) is 6.10 Å². The van der Waals surface area contributed by atoms with Crippen molar-refractivity contribution in [2.45, 2.75) is 38.5 Å². The van der Waals surface area contributed by atoms with Crippen molar-refractivity contribution < 1.29 is 28.9 Å². The highest BCUT2D eigenvalue weighted by Gasteiger charge is 2.47. The molecule has 2 aromatic carbocycles. The van der Waals surface area contributed by atoms with Gasteiger partial charge in [-0.15, -0.1) is 0 Å². The highest BCUT2D eigenvalue weighted by Crippen LogP contribution is 2.47. The Balaban J connectivity index is 1.92. The zero-order valence-corrected chi connectivity index (χ0v) is 21.1. The number of nitrogens with zero attached hydrogens (tertiary/aromatic N) is 2. The van der Waals surface area contributed by atoms with Gasteiger partial charge in [-0.2, -0.15) is 0 Å². The average Bonchev–Trinajstić information content (AvgIpc) is 2.83. The zero-order chi connectivity index (χ0) is 26.6. The van der Waals surface area contributed by atoms with Gasteiger partial charge in [-0.05, 0) is 26.0 Å². The number of hydrogen-bond donors (Lipinski definition) is 2. The second-order valence-electron chi connectivity index (χ2n) is 9.64. The summed E-state index contributed by atoms with van der Waals surface area (Å²) < 4.78 is 19.6. The van der Waals surface area contributed by atoms with Gasteiger partial charge in [0.25, 0.3) is 0 Å². The smallest absolute Gasteiger partial charge is 0.317 e. The predicted octanol–water partition coefficient (Wildman–Crippen LogP) is 3.07. The molecule has 0 radical (unpaired) electrons. The summed E-state index contributed by atoms with van der Waals surface area (Å²) in [5, 5.41) is 13.8. The molecule has 37 heavy (non-hydrogen) atoms. The van der Waals surface area contributed by atoms with E-state index in [2.05, 4.69) is 5.32 Å². The SMILES string of the molecule is COc1cc2c(c3c1c(=O)c1cc4ccccc4nc1n3C)[C@@H](OC(C)=O)[C@@H](NCC(=O)O)C(C)(C)O2. The Morgan fingerprint density at radius 1 is 1.24 bits per heavy atom. The normalized spacial score (nSPS) is 18.4. The van der Waals surface area contributed by atoms with E-state index in [1.165, 1.54) is 14.0 Å². The third kappa shape index (κ3) is 3.93. The second kappa shape index (κ2) is 8.74. The number of carboxylic acid groups (broad SMARTS) is 1. The van der Waals surface area contributed by atoms with Crippen molar-refractivity contribution in [3.63, 3.8) is 0 Å². The summed E-state index contributed by atoms with van der Waals surface area (Å²) >= 11 is 0. The molecule has 0 unspecified atom stereocenters. The van der Waals surface area contributed by atoms with Gasteiger partial charge >= 0.3 is 11.9 Å². The molecule has 0 fully saturated rings. The molecule has 4 aromatic rings. The molecule has 10 heteroatoms. The molecule has 0 saturated carbocycles. The van der Waals surface area contributed by atoms with Crippen LogP contribution in [0.2, 0.25) is 0 Å². The molecule has 0 aliphatic carbocycles. The molecule has 3 heterocycles. The molecule has 0 spiro atoms. The lowest BCUT2D eigenvalue weighted by Crippen LogP contribution is -2.58. The van der Waals surface area contributed by atoms with Gasteiger partial charge in [-0.25, -0.2) is 4.98 Å². The number of carbonyl (C=O) groups is 2. The summed E-state index contributed by atoms with van der Waals surface area (Å²) in [5.74, 6) is -0.963. The van der Waals surface area contributed by atoms with Crippen LogP contribution in [0.5, 0.6) is 11.5 Å². The van der Waals surface area contributed by atoms with Crippen LogP contribution in [0.3, 0.4) is 0 Å². The predicted molar refractivity (Wildman–Crippen MR) is 137 cm³/mol. The number of ether oxygens (including phenoxy) is 3. The highest BCUT2D eigenvalue weighted by molar-refractivity contribution is 6.01. The molecule has 2 atom stereocenters. The summed E-state index contributed by atoms with van der Waals surface area (Å²) in [5.41, 5.74) is 0.751. The quantitative estimate of drug-likeness (QED) is 0.310. The minimum Gasteiger partial charge on any atom is -0.496 e. The fourth-order valence-corrected chi connectivity index (χ4v) is 5.23. The Kier molecular flexibility index (Phi) is 5.79. The number of carbonyl (C=O) groups excluding carboxylic acids is 1. The fraction of sp³-hybridized carbons (Fsp3) is 0.333. The zero-order valence-electron chi connectivity index (χ0n) is 21.1. The minimum atomic E-state index is -1.07. The molecular formula is C27H27N3O7. The van der Waals surface area contributed by atoms with Crippen molar-refractivity contribution in [1.82, 2.24) is 14.9 Å². The number of methoxy groups -OCH3 is 1. The van der Waals surface area contributed by atoms with Crippen LogP contribution in [0.1, 0.15) is 32.4 Å². The first kappa shape index (κ1) is 24.5. The van der Waals surface area contributed by atoms with Crippen LogP contribution in [0.25, 0.3) is 32.8 Å². The molecule has 5 rings (SSSR count). The number of aryl methyl sites for hydroxylation is 1. The number of hydrogen-bond acceptors (Lipinski definition) is 8. The number of aromatic nitrogens is 2. The molecule has 2 aromatic heterocycles. The Bertz CT molecular complexity index is 1660. The van der Waals surface area contributed by atoms with E-state index >= 15 is 0 Å². The molecule has 2 N–H and O–H groups in total. The van der Waals surface area contributed by atoms with Crippen LogP contribution in [-0.2, 0) is 21.4 Å². The van der Waals surface area contributed by atoms with Crippen LogP contribution in [-0.4, -0.2) is 51.9 Å². The first-order valence-electron chi connectivity index (χ1n) is 11.8. The van der Waals surface area contributed by atoms with E-state index in [9.17, 15) is 19.5 Å². The molecule has 1 aliphatic rings. The van der Waals surface area contributed by atoms with E-state index in [1.54, 1.807) is 37.6 Å². The summed E-state index contributed by atoms with van der Waals surface area (Å²) in [4.78, 5) is 42.4. The third-order valence-electron chi connectivity index (χ3n) is 6.79. The van der Waals surface area contributed by atoms with E-state index in [4.69, 9.17) is 19.2 Å². The molecule has 1 aliphatic heterocycles. The summed E-state index contributed by atoms with van der Waals surface area (Å²) in [6.07, 6.45) is -0.965. The van der Waals surface area contributed by atoms with Gasteiger partial charge in [0, 0.05) is 25.4 Å². The first-order valence-corrected chi connectivity index (χ1v) is 11.8. The van der Waals surface area contributed by atoms with Crippen LogP contribution in [0, 0.1) is 0 Å². The Hall–Kier alpha value is -4.18. The lowest BCUT2D eigenvalue weighted by atomic mass is 9.84. The standard InChI is InChI=1S/C27H27N3O7/c1-13(31)36-24-21-18(37-27(2,3)25(24)28-12-19(32)33)11-17(35-5)20-22(21)30(4)26-15(23(20)34)10-14-8-6-7-9-16(14)29-26/h6-11,24-25,28H,12H2,1-5H3,(H,32,33)/t24-,25-/m1/s1. The second-order valence-corrected chi connectivity index (χ2v) is 9.64. The van der Waals surface area contributed by atoms with Gasteiger partial charge in [0.1, 0.15) is 22.7 Å².